The Morgan fingerprint density at radius 1 is 1.09 bits per heavy atom. The zero-order valence-corrected chi connectivity index (χ0v) is 17.9. The van der Waals surface area contributed by atoms with Crippen LogP contribution in [0.2, 0.25) is 0 Å². The number of carbonyl (C=O) groups is 2. The summed E-state index contributed by atoms with van der Waals surface area (Å²) in [4.78, 5) is 38.3. The zero-order valence-electron chi connectivity index (χ0n) is 17.0. The summed E-state index contributed by atoms with van der Waals surface area (Å²) in [5.74, 6) is -3.89. The molecule has 0 radical (unpaired) electrons. The fourth-order valence-corrected chi connectivity index (χ4v) is 4.07. The summed E-state index contributed by atoms with van der Waals surface area (Å²) in [7, 11) is -2.15. The van der Waals surface area contributed by atoms with Crippen molar-refractivity contribution in [3.05, 3.63) is 64.2 Å². The summed E-state index contributed by atoms with van der Waals surface area (Å²) in [5, 5.41) is 5.42. The van der Waals surface area contributed by atoms with Crippen molar-refractivity contribution in [3.8, 4) is 0 Å². The smallest absolute Gasteiger partial charge is 0.386 e. The van der Waals surface area contributed by atoms with Crippen LogP contribution in [0.1, 0.15) is 10.4 Å². The monoisotopic (exact) mass is 484 g/mol. The third kappa shape index (κ3) is 5.19. The van der Waals surface area contributed by atoms with Crippen molar-refractivity contribution in [1.29, 1.82) is 0 Å². The van der Waals surface area contributed by atoms with Gasteiger partial charge in [-0.3, -0.25) is 14.4 Å². The Balaban J connectivity index is 1.88. The highest BCUT2D eigenvalue weighted by atomic mass is 32.2. The van der Waals surface area contributed by atoms with E-state index < -0.39 is 39.1 Å². The lowest BCUT2D eigenvalue weighted by Gasteiger charge is -2.10. The number of aromatic amines is 1. The first-order valence-electron chi connectivity index (χ1n) is 9.11. The van der Waals surface area contributed by atoms with Crippen LogP contribution in [0.5, 0.6) is 0 Å². The lowest BCUT2D eigenvalue weighted by atomic mass is 10.1. The second kappa shape index (κ2) is 8.65. The van der Waals surface area contributed by atoms with Gasteiger partial charge in [-0.15, -0.1) is 4.36 Å². The summed E-state index contributed by atoms with van der Waals surface area (Å²) in [6, 6.07) is 8.23. The average Bonchev–Trinajstić information content (AvgIpc) is 2.72. The van der Waals surface area contributed by atoms with E-state index in [2.05, 4.69) is 20.0 Å². The highest BCUT2D eigenvalue weighted by molar-refractivity contribution is 7.93. The fraction of sp³-hybridized carbons (Fsp3) is 0.150. The molecule has 0 aliphatic rings. The summed E-state index contributed by atoms with van der Waals surface area (Å²) < 4.78 is 66.1. The van der Waals surface area contributed by atoms with E-state index >= 15 is 0 Å². The molecule has 3 N–H and O–H groups in total. The molecule has 2 aromatic carbocycles. The van der Waals surface area contributed by atoms with Gasteiger partial charge in [0.05, 0.1) is 20.9 Å². The van der Waals surface area contributed by atoms with E-state index in [0.717, 1.165) is 24.5 Å². The first-order valence-corrected chi connectivity index (χ1v) is 11.0. The third-order valence-electron chi connectivity index (χ3n) is 4.48. The van der Waals surface area contributed by atoms with E-state index in [-0.39, 0.29) is 21.5 Å². The van der Waals surface area contributed by atoms with Gasteiger partial charge in [0.25, 0.3) is 11.5 Å². The number of carbonyl (C=O) groups excluding carboxylic acids is 2. The molecule has 13 heteroatoms. The average molecular weight is 484 g/mol. The highest BCUT2D eigenvalue weighted by Crippen LogP contribution is 2.24. The molecule has 0 saturated carbocycles. The normalized spacial score (nSPS) is 13.3. The van der Waals surface area contributed by atoms with Gasteiger partial charge in [-0.2, -0.15) is 13.2 Å². The Kier molecular flexibility index (Phi) is 6.27. The van der Waals surface area contributed by atoms with Gasteiger partial charge < -0.3 is 15.6 Å². The lowest BCUT2D eigenvalue weighted by molar-refractivity contribution is -0.169. The summed E-state index contributed by atoms with van der Waals surface area (Å²) in [6.07, 6.45) is -4.38. The Morgan fingerprint density at radius 3 is 2.30 bits per heavy atom. The fourth-order valence-electron chi connectivity index (χ4n) is 2.90. The SMILES string of the molecule is CNc1cc(F)cc2cc(C(=O)Nc3ccc(S(C)(=O)=NC(=O)C(F)(F)F)cc3)c(=O)[nH]c12. The molecule has 1 heterocycles. The topological polar surface area (TPSA) is 120 Å². The molecule has 33 heavy (non-hydrogen) atoms. The van der Waals surface area contributed by atoms with Crippen LogP contribution in [0, 0.1) is 5.82 Å². The van der Waals surface area contributed by atoms with Gasteiger partial charge in [-0.25, -0.2) is 8.60 Å². The van der Waals surface area contributed by atoms with E-state index in [9.17, 15) is 36.2 Å². The van der Waals surface area contributed by atoms with Crippen molar-refractivity contribution < 1.29 is 31.4 Å². The van der Waals surface area contributed by atoms with E-state index in [1.165, 1.54) is 31.3 Å². The maximum absolute atomic E-state index is 13.8. The Morgan fingerprint density at radius 2 is 1.73 bits per heavy atom. The standard InChI is InChI=1S/C20H16F4N4O4S/c1-25-15-9-11(21)7-10-8-14(18(30)27-16(10)15)17(29)26-12-3-5-13(6-4-12)33(2,32)28-19(31)20(22,23)24/h3-9,25H,1-2H3,(H,26,29)(H,27,30). The minimum atomic E-state index is -5.25. The zero-order chi connectivity index (χ0) is 24.6. The number of anilines is 2. The third-order valence-corrected chi connectivity index (χ3v) is 6.14. The van der Waals surface area contributed by atoms with Crippen molar-refractivity contribution in [2.24, 2.45) is 4.36 Å². The van der Waals surface area contributed by atoms with Gasteiger partial charge in [-0.05, 0) is 42.5 Å². The summed E-state index contributed by atoms with van der Waals surface area (Å²) in [6.45, 7) is 0. The second-order valence-corrected chi connectivity index (χ2v) is 9.11. The van der Waals surface area contributed by atoms with Gasteiger partial charge in [-0.1, -0.05) is 0 Å². The Bertz CT molecular complexity index is 1440. The van der Waals surface area contributed by atoms with Gasteiger partial charge >= 0.3 is 12.1 Å². The Hall–Kier alpha value is -3.74. The van der Waals surface area contributed by atoms with E-state index in [0.29, 0.717) is 11.2 Å². The molecular weight excluding hydrogens is 468 g/mol. The van der Waals surface area contributed by atoms with Crippen molar-refractivity contribution in [1.82, 2.24) is 4.98 Å². The number of nitrogens with one attached hydrogen (secondary N) is 3. The van der Waals surface area contributed by atoms with Crippen molar-refractivity contribution >= 4 is 43.8 Å². The number of aromatic nitrogens is 1. The predicted molar refractivity (Wildman–Crippen MR) is 114 cm³/mol. The number of hydrogen-bond donors (Lipinski definition) is 3. The molecule has 2 amide bonds. The molecule has 0 aliphatic carbocycles. The molecule has 1 atom stereocenters. The number of hydrogen-bond acceptors (Lipinski definition) is 5. The van der Waals surface area contributed by atoms with Crippen LogP contribution in [0.15, 0.2) is 56.5 Å². The Labute approximate surface area is 184 Å². The van der Waals surface area contributed by atoms with Crippen LogP contribution in [0.3, 0.4) is 0 Å². The molecule has 3 rings (SSSR count). The first-order chi connectivity index (χ1) is 15.3. The number of pyridine rings is 1. The van der Waals surface area contributed by atoms with E-state index in [1.807, 2.05) is 0 Å². The number of rotatable bonds is 4. The van der Waals surface area contributed by atoms with Crippen LogP contribution < -0.4 is 16.2 Å². The van der Waals surface area contributed by atoms with Crippen molar-refractivity contribution in [2.45, 2.75) is 11.1 Å². The van der Waals surface area contributed by atoms with Gasteiger partial charge in [0.1, 0.15) is 11.4 Å². The molecule has 0 saturated heterocycles. The minimum absolute atomic E-state index is 0.121. The number of amides is 2. The summed E-state index contributed by atoms with van der Waals surface area (Å²) >= 11 is 0. The van der Waals surface area contributed by atoms with E-state index in [4.69, 9.17) is 0 Å². The van der Waals surface area contributed by atoms with Gasteiger partial charge in [0.15, 0.2) is 0 Å². The van der Waals surface area contributed by atoms with Crippen LogP contribution in [-0.4, -0.2) is 40.5 Å². The van der Waals surface area contributed by atoms with Crippen LogP contribution in [-0.2, 0) is 14.5 Å². The molecule has 1 unspecified atom stereocenters. The van der Waals surface area contributed by atoms with Gasteiger partial charge in [0, 0.05) is 29.3 Å². The number of H-pyrrole nitrogens is 1. The van der Waals surface area contributed by atoms with Gasteiger partial charge in [0.2, 0.25) is 0 Å². The molecule has 0 fully saturated rings. The van der Waals surface area contributed by atoms with Crippen LogP contribution in [0.25, 0.3) is 10.9 Å². The number of alkyl halides is 3. The van der Waals surface area contributed by atoms with Crippen molar-refractivity contribution in [2.75, 3.05) is 23.9 Å². The summed E-state index contributed by atoms with van der Waals surface area (Å²) in [5.41, 5.74) is -0.303. The molecule has 8 nitrogen and oxygen atoms in total. The number of nitrogens with zero attached hydrogens (tertiary/aromatic N) is 1. The van der Waals surface area contributed by atoms with Crippen molar-refractivity contribution in [3.63, 3.8) is 0 Å². The molecular formula is C20H16F4N4O4S. The number of benzene rings is 2. The molecule has 0 spiro atoms. The number of halogens is 4. The maximum atomic E-state index is 13.8. The second-order valence-electron chi connectivity index (χ2n) is 6.85. The number of fused-ring (bicyclic) bond motifs is 1. The van der Waals surface area contributed by atoms with Crippen LogP contribution in [0.4, 0.5) is 28.9 Å². The highest BCUT2D eigenvalue weighted by Gasteiger charge is 2.39. The predicted octanol–water partition coefficient (Wildman–Crippen LogP) is 3.51. The quantitative estimate of drug-likeness (QED) is 0.490. The molecule has 3 aromatic rings. The molecule has 174 valence electrons. The first kappa shape index (κ1) is 23.9. The minimum Gasteiger partial charge on any atom is -0.386 e. The van der Waals surface area contributed by atoms with E-state index in [1.54, 1.807) is 0 Å². The molecule has 0 bridgehead atoms. The largest absolute Gasteiger partial charge is 0.474 e. The molecule has 1 aromatic heterocycles. The van der Waals surface area contributed by atoms with Crippen LogP contribution >= 0.6 is 0 Å². The lowest BCUT2D eigenvalue weighted by Crippen LogP contribution is -2.23. The molecule has 0 aliphatic heterocycles. The maximum Gasteiger partial charge on any atom is 0.474 e.